The maximum absolute atomic E-state index is 11.2. The van der Waals surface area contributed by atoms with Gasteiger partial charge in [0.15, 0.2) is 0 Å². The molecule has 0 saturated carbocycles. The molecule has 0 spiro atoms. The molecule has 0 bridgehead atoms. The fourth-order valence-corrected chi connectivity index (χ4v) is 3.95. The lowest BCUT2D eigenvalue weighted by Crippen LogP contribution is -2.54. The van der Waals surface area contributed by atoms with Crippen LogP contribution in [0.15, 0.2) is 48.5 Å². The summed E-state index contributed by atoms with van der Waals surface area (Å²) in [4.78, 5) is 15.3. The zero-order valence-corrected chi connectivity index (χ0v) is 16.7. The Balaban J connectivity index is 1.56. The third kappa shape index (κ3) is 5.57. The molecular weight excluding hydrogens is 366 g/mol. The maximum atomic E-state index is 11.2. The van der Waals surface area contributed by atoms with Gasteiger partial charge in [-0.15, -0.1) is 0 Å². The number of likely N-dealkylation sites (tertiary alicyclic amines) is 1. The lowest BCUT2D eigenvalue weighted by atomic mass is 9.91. The number of β-amino-alcohol motifs (C(OH)–C–C–N with tert-alkyl or cyclic N) is 1. The molecule has 1 saturated heterocycles. The number of anilines is 1. The predicted octanol–water partition coefficient (Wildman–Crippen LogP) is 2.76. The van der Waals surface area contributed by atoms with Gasteiger partial charge in [0, 0.05) is 32.4 Å². The van der Waals surface area contributed by atoms with E-state index in [1.54, 1.807) is 24.3 Å². The van der Waals surface area contributed by atoms with Crippen LogP contribution in [0, 0.1) is 11.3 Å². The fourth-order valence-electron chi connectivity index (χ4n) is 3.95. The van der Waals surface area contributed by atoms with Gasteiger partial charge in [-0.3, -0.25) is 0 Å². The summed E-state index contributed by atoms with van der Waals surface area (Å²) in [5, 5.41) is 29.1. The van der Waals surface area contributed by atoms with Crippen molar-refractivity contribution < 1.29 is 15.0 Å². The van der Waals surface area contributed by atoms with E-state index in [-0.39, 0.29) is 5.56 Å². The Morgan fingerprint density at radius 3 is 2.52 bits per heavy atom. The Morgan fingerprint density at radius 2 is 1.90 bits per heavy atom. The zero-order valence-electron chi connectivity index (χ0n) is 16.7. The van der Waals surface area contributed by atoms with Crippen molar-refractivity contribution in [2.24, 2.45) is 0 Å². The largest absolute Gasteiger partial charge is 0.478 e. The maximum Gasteiger partial charge on any atom is 0.335 e. The lowest BCUT2D eigenvalue weighted by molar-refractivity contribution is -0.0234. The minimum Gasteiger partial charge on any atom is -0.478 e. The number of aliphatic hydroxyl groups is 1. The molecule has 0 aliphatic carbocycles. The molecule has 2 N–H and O–H groups in total. The van der Waals surface area contributed by atoms with Crippen molar-refractivity contribution in [1.29, 1.82) is 5.26 Å². The summed E-state index contributed by atoms with van der Waals surface area (Å²) in [6, 6.07) is 16.5. The average molecular weight is 393 g/mol. The smallest absolute Gasteiger partial charge is 0.335 e. The summed E-state index contributed by atoms with van der Waals surface area (Å²) >= 11 is 0. The molecule has 0 aromatic heterocycles. The van der Waals surface area contributed by atoms with Gasteiger partial charge >= 0.3 is 5.97 Å². The molecular formula is C23H27N3O3. The van der Waals surface area contributed by atoms with Crippen molar-refractivity contribution in [2.45, 2.75) is 24.9 Å². The molecule has 1 fully saturated rings. The van der Waals surface area contributed by atoms with E-state index in [1.165, 1.54) is 5.56 Å². The van der Waals surface area contributed by atoms with Crippen LogP contribution in [-0.4, -0.2) is 59.9 Å². The van der Waals surface area contributed by atoms with Gasteiger partial charge in [0.2, 0.25) is 0 Å². The first-order valence-corrected chi connectivity index (χ1v) is 9.87. The van der Waals surface area contributed by atoms with Crippen LogP contribution < -0.4 is 4.90 Å². The lowest BCUT2D eigenvalue weighted by Gasteiger charge is -2.41. The van der Waals surface area contributed by atoms with Gasteiger partial charge in [-0.1, -0.05) is 12.1 Å². The third-order valence-electron chi connectivity index (χ3n) is 5.52. The van der Waals surface area contributed by atoms with Crippen LogP contribution >= 0.6 is 0 Å². The summed E-state index contributed by atoms with van der Waals surface area (Å²) in [6.07, 6.45) is 2.57. The Morgan fingerprint density at radius 1 is 1.21 bits per heavy atom. The molecule has 0 radical (unpaired) electrons. The topological polar surface area (TPSA) is 87.8 Å². The van der Waals surface area contributed by atoms with Crippen LogP contribution in [0.3, 0.4) is 0 Å². The highest BCUT2D eigenvalue weighted by Crippen LogP contribution is 2.25. The molecule has 1 aliphatic rings. The second-order valence-electron chi connectivity index (χ2n) is 7.87. The van der Waals surface area contributed by atoms with Crippen molar-refractivity contribution in [1.82, 2.24) is 4.90 Å². The van der Waals surface area contributed by atoms with Crippen LogP contribution in [0.1, 0.15) is 34.3 Å². The molecule has 152 valence electrons. The Labute approximate surface area is 171 Å². The number of carbonyl (C=O) groups is 1. The number of nitrogens with zero attached hydrogens (tertiary/aromatic N) is 3. The first-order valence-electron chi connectivity index (χ1n) is 9.87. The quantitative estimate of drug-likeness (QED) is 0.752. The second kappa shape index (κ2) is 9.08. The van der Waals surface area contributed by atoms with Crippen molar-refractivity contribution in [3.8, 4) is 6.07 Å². The monoisotopic (exact) mass is 393 g/mol. The van der Waals surface area contributed by atoms with Crippen molar-refractivity contribution in [3.63, 3.8) is 0 Å². The SMILES string of the molecule is CN(CC1(O)CCCN(CCc2ccc(C#N)cc2)C1)c1ccc(C(=O)O)cc1. The number of piperidine rings is 1. The van der Waals surface area contributed by atoms with Crippen LogP contribution in [0.5, 0.6) is 0 Å². The number of hydrogen-bond acceptors (Lipinski definition) is 5. The number of rotatable bonds is 7. The summed E-state index contributed by atoms with van der Waals surface area (Å²) in [5.41, 5.74) is 2.20. The molecule has 6 heteroatoms. The number of nitriles is 1. The summed E-state index contributed by atoms with van der Waals surface area (Å²) in [7, 11) is 1.92. The summed E-state index contributed by atoms with van der Waals surface area (Å²) in [6.45, 7) is 2.94. The van der Waals surface area contributed by atoms with Gasteiger partial charge in [-0.2, -0.15) is 5.26 Å². The number of carboxylic acids is 1. The molecule has 3 rings (SSSR count). The van der Waals surface area contributed by atoms with E-state index in [0.717, 1.165) is 38.0 Å². The molecule has 29 heavy (non-hydrogen) atoms. The third-order valence-corrected chi connectivity index (χ3v) is 5.52. The van der Waals surface area contributed by atoms with Crippen LogP contribution in [0.4, 0.5) is 5.69 Å². The van der Waals surface area contributed by atoms with Gasteiger partial charge < -0.3 is 20.0 Å². The van der Waals surface area contributed by atoms with Crippen molar-refractivity contribution >= 4 is 11.7 Å². The highest BCUT2D eigenvalue weighted by Gasteiger charge is 2.34. The van der Waals surface area contributed by atoms with Crippen LogP contribution in [0.2, 0.25) is 0 Å². The molecule has 1 aliphatic heterocycles. The van der Waals surface area contributed by atoms with Crippen molar-refractivity contribution in [3.05, 3.63) is 65.2 Å². The van der Waals surface area contributed by atoms with E-state index >= 15 is 0 Å². The number of aromatic carboxylic acids is 1. The number of likely N-dealkylation sites (N-methyl/N-ethyl adjacent to an activating group) is 1. The summed E-state index contributed by atoms with van der Waals surface area (Å²) in [5.74, 6) is -0.942. The predicted molar refractivity (Wildman–Crippen MR) is 112 cm³/mol. The van der Waals surface area contributed by atoms with Gasteiger partial charge in [0.1, 0.15) is 0 Å². The standard InChI is InChI=1S/C23H27N3O3/c1-25(21-9-7-20(8-10-21)22(27)28)16-23(29)12-2-13-26(17-23)14-11-18-3-5-19(15-24)6-4-18/h3-10,29H,2,11-14,16-17H2,1H3,(H,27,28). The van der Waals surface area contributed by atoms with Gasteiger partial charge in [0.25, 0.3) is 0 Å². The van der Waals surface area contributed by atoms with Crippen molar-refractivity contribution in [2.75, 3.05) is 38.1 Å². The number of benzene rings is 2. The van der Waals surface area contributed by atoms with Crippen LogP contribution in [-0.2, 0) is 6.42 Å². The van der Waals surface area contributed by atoms with E-state index in [1.807, 2.05) is 36.2 Å². The zero-order chi connectivity index (χ0) is 20.9. The van der Waals surface area contributed by atoms with E-state index < -0.39 is 11.6 Å². The molecule has 0 amide bonds. The van der Waals surface area contributed by atoms with E-state index in [4.69, 9.17) is 10.4 Å². The average Bonchev–Trinajstić information content (AvgIpc) is 2.72. The van der Waals surface area contributed by atoms with Gasteiger partial charge in [-0.25, -0.2) is 4.79 Å². The van der Waals surface area contributed by atoms with Crippen LogP contribution in [0.25, 0.3) is 0 Å². The highest BCUT2D eigenvalue weighted by molar-refractivity contribution is 5.88. The Bertz CT molecular complexity index is 874. The van der Waals surface area contributed by atoms with Gasteiger partial charge in [0.05, 0.1) is 22.8 Å². The minimum absolute atomic E-state index is 0.257. The highest BCUT2D eigenvalue weighted by atomic mass is 16.4. The van der Waals surface area contributed by atoms with E-state index in [0.29, 0.717) is 18.7 Å². The molecule has 2 aromatic rings. The number of hydrogen-bond donors (Lipinski definition) is 2. The van der Waals surface area contributed by atoms with Gasteiger partial charge in [-0.05, 0) is 67.8 Å². The molecule has 1 heterocycles. The first-order chi connectivity index (χ1) is 13.9. The molecule has 6 nitrogen and oxygen atoms in total. The number of carboxylic acid groups (broad SMARTS) is 1. The molecule has 2 aromatic carbocycles. The first kappa shape index (κ1) is 20.8. The normalized spacial score (nSPS) is 19.5. The fraction of sp³-hybridized carbons (Fsp3) is 0.391. The Kier molecular flexibility index (Phi) is 6.53. The summed E-state index contributed by atoms with van der Waals surface area (Å²) < 4.78 is 0. The molecule has 1 unspecified atom stereocenters. The second-order valence-corrected chi connectivity index (χ2v) is 7.87. The minimum atomic E-state index is -0.942. The Hall–Kier alpha value is -2.88. The molecule has 1 atom stereocenters. The van der Waals surface area contributed by atoms with E-state index in [9.17, 15) is 9.90 Å². The van der Waals surface area contributed by atoms with E-state index in [2.05, 4.69) is 11.0 Å².